The summed E-state index contributed by atoms with van der Waals surface area (Å²) in [6.45, 7) is 8.32. The first-order valence-corrected chi connectivity index (χ1v) is 10.2. The van der Waals surface area contributed by atoms with Gasteiger partial charge in [-0.3, -0.25) is 4.79 Å². The molecule has 1 aliphatic rings. The van der Waals surface area contributed by atoms with Crippen LogP contribution in [0.2, 0.25) is 0 Å². The van der Waals surface area contributed by atoms with Crippen molar-refractivity contribution in [2.45, 2.75) is 53.0 Å². The van der Waals surface area contributed by atoms with E-state index < -0.39 is 10.0 Å². The predicted octanol–water partition coefficient (Wildman–Crippen LogP) is 2.53. The lowest BCUT2D eigenvalue weighted by molar-refractivity contribution is -0.126. The van der Waals surface area contributed by atoms with Crippen molar-refractivity contribution in [1.29, 1.82) is 0 Å². The van der Waals surface area contributed by atoms with E-state index in [-0.39, 0.29) is 30.2 Å². The van der Waals surface area contributed by atoms with E-state index in [0.29, 0.717) is 13.0 Å². The standard InChI is InChI=1S/C17H28N2O4S/c1-5-9-24(21,22)19-8-6-7-15(11-19)17(20)18-13(3)16-10-12(2)23-14(16)4/h10,13,15H,5-9,11H2,1-4H3,(H,18,20). The van der Waals surface area contributed by atoms with Crippen LogP contribution >= 0.6 is 0 Å². The lowest BCUT2D eigenvalue weighted by Crippen LogP contribution is -2.46. The van der Waals surface area contributed by atoms with Crippen LogP contribution in [0.25, 0.3) is 0 Å². The summed E-state index contributed by atoms with van der Waals surface area (Å²) in [5.41, 5.74) is 0.965. The van der Waals surface area contributed by atoms with Crippen LogP contribution in [0.1, 0.15) is 56.2 Å². The van der Waals surface area contributed by atoms with Crippen molar-refractivity contribution in [1.82, 2.24) is 9.62 Å². The molecule has 136 valence electrons. The van der Waals surface area contributed by atoms with E-state index in [1.165, 1.54) is 4.31 Å². The van der Waals surface area contributed by atoms with Gasteiger partial charge in [-0.15, -0.1) is 0 Å². The maximum atomic E-state index is 12.6. The molecule has 0 radical (unpaired) electrons. The zero-order valence-corrected chi connectivity index (χ0v) is 15.8. The summed E-state index contributed by atoms with van der Waals surface area (Å²) in [6, 6.07) is 1.77. The Morgan fingerprint density at radius 2 is 2.17 bits per heavy atom. The highest BCUT2D eigenvalue weighted by molar-refractivity contribution is 7.89. The third-order valence-corrected chi connectivity index (χ3v) is 6.56. The molecule has 7 heteroatoms. The zero-order chi connectivity index (χ0) is 17.9. The Hall–Kier alpha value is -1.34. The molecule has 1 aromatic heterocycles. The average molecular weight is 356 g/mol. The van der Waals surface area contributed by atoms with Crippen molar-refractivity contribution >= 4 is 15.9 Å². The zero-order valence-electron chi connectivity index (χ0n) is 15.0. The summed E-state index contributed by atoms with van der Waals surface area (Å²) in [5.74, 6) is 1.39. The van der Waals surface area contributed by atoms with Crippen molar-refractivity contribution in [3.8, 4) is 0 Å². The number of aryl methyl sites for hydroxylation is 2. The monoisotopic (exact) mass is 356 g/mol. The second-order valence-electron chi connectivity index (χ2n) is 6.61. The van der Waals surface area contributed by atoms with Gasteiger partial charge in [-0.05, 0) is 46.1 Å². The molecule has 1 aromatic rings. The minimum absolute atomic E-state index is 0.0860. The number of amides is 1. The molecule has 0 bridgehead atoms. The third kappa shape index (κ3) is 4.39. The fraction of sp³-hybridized carbons (Fsp3) is 0.706. The van der Waals surface area contributed by atoms with Crippen LogP contribution < -0.4 is 5.32 Å². The van der Waals surface area contributed by atoms with Crippen molar-refractivity contribution in [3.05, 3.63) is 23.2 Å². The SMILES string of the molecule is CCCS(=O)(=O)N1CCCC(C(=O)NC(C)c2cc(C)oc2C)C1. The van der Waals surface area contributed by atoms with Crippen LogP contribution in [0.15, 0.2) is 10.5 Å². The molecular formula is C17H28N2O4S. The van der Waals surface area contributed by atoms with Crippen molar-refractivity contribution in [2.75, 3.05) is 18.8 Å². The van der Waals surface area contributed by atoms with Crippen LogP contribution in [0.3, 0.4) is 0 Å². The van der Waals surface area contributed by atoms with Gasteiger partial charge in [0.05, 0.1) is 17.7 Å². The first-order chi connectivity index (χ1) is 11.2. The Kier molecular flexibility index (Phi) is 6.09. The second kappa shape index (κ2) is 7.70. The smallest absolute Gasteiger partial charge is 0.224 e. The second-order valence-corrected chi connectivity index (χ2v) is 8.70. The number of rotatable bonds is 6. The predicted molar refractivity (Wildman–Crippen MR) is 93.1 cm³/mol. The van der Waals surface area contributed by atoms with Gasteiger partial charge >= 0.3 is 0 Å². The number of hydrogen-bond donors (Lipinski definition) is 1. The van der Waals surface area contributed by atoms with E-state index in [0.717, 1.165) is 29.9 Å². The third-order valence-electron chi connectivity index (χ3n) is 4.52. The summed E-state index contributed by atoms with van der Waals surface area (Å²) in [7, 11) is -3.25. The first kappa shape index (κ1) is 19.0. The molecule has 2 unspecified atom stereocenters. The highest BCUT2D eigenvalue weighted by Crippen LogP contribution is 2.24. The van der Waals surface area contributed by atoms with Gasteiger partial charge in [0.2, 0.25) is 15.9 Å². The molecule has 24 heavy (non-hydrogen) atoms. The molecule has 0 aromatic carbocycles. The Morgan fingerprint density at radius 1 is 1.46 bits per heavy atom. The molecule has 6 nitrogen and oxygen atoms in total. The molecule has 2 atom stereocenters. The molecular weight excluding hydrogens is 328 g/mol. The first-order valence-electron chi connectivity index (χ1n) is 8.59. The number of hydrogen-bond acceptors (Lipinski definition) is 4. The van der Waals surface area contributed by atoms with Gasteiger partial charge in [0.1, 0.15) is 11.5 Å². The van der Waals surface area contributed by atoms with Gasteiger partial charge in [0.25, 0.3) is 0 Å². The number of nitrogens with one attached hydrogen (secondary N) is 1. The van der Waals surface area contributed by atoms with Gasteiger partial charge in [0.15, 0.2) is 0 Å². The summed E-state index contributed by atoms with van der Waals surface area (Å²) >= 11 is 0. The van der Waals surface area contributed by atoms with E-state index in [4.69, 9.17) is 4.42 Å². The number of carbonyl (C=O) groups is 1. The van der Waals surface area contributed by atoms with E-state index in [1.807, 2.05) is 33.8 Å². The van der Waals surface area contributed by atoms with Gasteiger partial charge in [-0.25, -0.2) is 12.7 Å². The lowest BCUT2D eigenvalue weighted by atomic mass is 9.98. The summed E-state index contributed by atoms with van der Waals surface area (Å²) in [5, 5.41) is 3.00. The number of piperidine rings is 1. The number of nitrogens with zero attached hydrogens (tertiary/aromatic N) is 1. The number of carbonyl (C=O) groups excluding carboxylic acids is 1. The molecule has 2 heterocycles. The molecule has 0 saturated carbocycles. The minimum atomic E-state index is -3.25. The molecule has 1 fully saturated rings. The quantitative estimate of drug-likeness (QED) is 0.849. The van der Waals surface area contributed by atoms with Crippen LogP contribution in [0, 0.1) is 19.8 Å². The largest absolute Gasteiger partial charge is 0.466 e. The van der Waals surface area contributed by atoms with Crippen molar-refractivity contribution in [3.63, 3.8) is 0 Å². The van der Waals surface area contributed by atoms with E-state index in [2.05, 4.69) is 5.32 Å². The van der Waals surface area contributed by atoms with E-state index in [1.54, 1.807) is 0 Å². The van der Waals surface area contributed by atoms with Gasteiger partial charge in [0, 0.05) is 18.7 Å². The highest BCUT2D eigenvalue weighted by atomic mass is 32.2. The summed E-state index contributed by atoms with van der Waals surface area (Å²) in [4.78, 5) is 12.6. The molecule has 1 aliphatic heterocycles. The molecule has 1 N–H and O–H groups in total. The molecule has 1 amide bonds. The Balaban J connectivity index is 2.00. The molecule has 2 rings (SSSR count). The maximum Gasteiger partial charge on any atom is 0.224 e. The van der Waals surface area contributed by atoms with Crippen LogP contribution in [0.5, 0.6) is 0 Å². The summed E-state index contributed by atoms with van der Waals surface area (Å²) in [6.07, 6.45) is 2.03. The topological polar surface area (TPSA) is 79.6 Å². The van der Waals surface area contributed by atoms with E-state index >= 15 is 0 Å². The van der Waals surface area contributed by atoms with Crippen LogP contribution in [0.4, 0.5) is 0 Å². The fourth-order valence-corrected chi connectivity index (χ4v) is 4.87. The van der Waals surface area contributed by atoms with Crippen LogP contribution in [-0.4, -0.2) is 37.5 Å². The number of furan rings is 1. The molecule has 0 spiro atoms. The van der Waals surface area contributed by atoms with Gasteiger partial charge in [-0.2, -0.15) is 0 Å². The number of sulfonamides is 1. The van der Waals surface area contributed by atoms with E-state index in [9.17, 15) is 13.2 Å². The normalized spacial score (nSPS) is 20.8. The Labute approximate surface area is 144 Å². The lowest BCUT2D eigenvalue weighted by Gasteiger charge is -2.31. The van der Waals surface area contributed by atoms with Crippen LogP contribution in [-0.2, 0) is 14.8 Å². The average Bonchev–Trinajstić information content (AvgIpc) is 2.86. The minimum Gasteiger partial charge on any atom is -0.466 e. The van der Waals surface area contributed by atoms with Crippen molar-refractivity contribution < 1.29 is 17.6 Å². The van der Waals surface area contributed by atoms with Gasteiger partial charge < -0.3 is 9.73 Å². The highest BCUT2D eigenvalue weighted by Gasteiger charge is 2.32. The van der Waals surface area contributed by atoms with Gasteiger partial charge in [-0.1, -0.05) is 6.92 Å². The molecule has 1 saturated heterocycles. The van der Waals surface area contributed by atoms with Crippen molar-refractivity contribution in [2.24, 2.45) is 5.92 Å². The summed E-state index contributed by atoms with van der Waals surface area (Å²) < 4.78 is 31.4. The Bertz CT molecular complexity index is 681. The Morgan fingerprint density at radius 3 is 2.75 bits per heavy atom. The maximum absolute atomic E-state index is 12.6. The molecule has 0 aliphatic carbocycles. The fourth-order valence-electron chi connectivity index (χ4n) is 3.29.